The lowest BCUT2D eigenvalue weighted by Crippen LogP contribution is -2.47. The zero-order chi connectivity index (χ0) is 18.0. The van der Waals surface area contributed by atoms with Crippen molar-refractivity contribution in [2.75, 3.05) is 36.0 Å². The van der Waals surface area contributed by atoms with Gasteiger partial charge in [0.1, 0.15) is 23.3 Å². The number of anilines is 2. The molecule has 4 nitrogen and oxygen atoms in total. The number of benzene rings is 1. The standard InChI is InChI=1S/C17H14F4N4/c18-14-2-1-3-15(13(14)10-22)24-6-8-25(9-7-24)16-5-4-12(11-23-16)17(19,20)21/h1-5,11H,6-9H2. The molecule has 0 aliphatic carbocycles. The fraction of sp³-hybridized carbons (Fsp3) is 0.294. The Kier molecular flexibility index (Phi) is 4.49. The summed E-state index contributed by atoms with van der Waals surface area (Å²) >= 11 is 0. The normalized spacial score (nSPS) is 15.2. The molecule has 3 rings (SSSR count). The highest BCUT2D eigenvalue weighted by Gasteiger charge is 2.31. The number of piperazine rings is 1. The van der Waals surface area contributed by atoms with Gasteiger partial charge in [-0.25, -0.2) is 9.37 Å². The molecule has 0 bridgehead atoms. The van der Waals surface area contributed by atoms with Crippen molar-refractivity contribution in [3.05, 3.63) is 53.5 Å². The molecule has 0 saturated carbocycles. The maximum Gasteiger partial charge on any atom is 0.417 e. The minimum absolute atomic E-state index is 0.00334. The lowest BCUT2D eigenvalue weighted by Gasteiger charge is -2.37. The SMILES string of the molecule is N#Cc1c(F)cccc1N1CCN(c2ccc(C(F)(F)F)cn2)CC1. The Labute approximate surface area is 141 Å². The highest BCUT2D eigenvalue weighted by atomic mass is 19.4. The van der Waals surface area contributed by atoms with Crippen LogP contribution in [0.3, 0.4) is 0 Å². The lowest BCUT2D eigenvalue weighted by atomic mass is 10.1. The molecule has 0 spiro atoms. The van der Waals surface area contributed by atoms with Crippen LogP contribution in [0, 0.1) is 17.1 Å². The molecule has 1 fully saturated rings. The lowest BCUT2D eigenvalue weighted by molar-refractivity contribution is -0.137. The van der Waals surface area contributed by atoms with E-state index < -0.39 is 17.6 Å². The molecule has 1 aromatic heterocycles. The molecule has 2 heterocycles. The van der Waals surface area contributed by atoms with Crippen molar-refractivity contribution in [1.82, 2.24) is 4.98 Å². The summed E-state index contributed by atoms with van der Waals surface area (Å²) in [5.41, 5.74) is -0.251. The fourth-order valence-corrected chi connectivity index (χ4v) is 2.80. The van der Waals surface area contributed by atoms with Crippen molar-refractivity contribution >= 4 is 11.5 Å². The minimum Gasteiger partial charge on any atom is -0.367 e. The third-order valence-corrected chi connectivity index (χ3v) is 4.12. The van der Waals surface area contributed by atoms with Crippen LogP contribution in [0.5, 0.6) is 0 Å². The summed E-state index contributed by atoms with van der Waals surface area (Å²) < 4.78 is 51.5. The third kappa shape index (κ3) is 3.50. The van der Waals surface area contributed by atoms with Crippen LogP contribution in [-0.2, 0) is 6.18 Å². The van der Waals surface area contributed by atoms with Gasteiger partial charge in [-0.3, -0.25) is 0 Å². The Hall–Kier alpha value is -2.82. The number of aromatic nitrogens is 1. The zero-order valence-electron chi connectivity index (χ0n) is 13.1. The first-order valence-electron chi connectivity index (χ1n) is 7.62. The molecule has 25 heavy (non-hydrogen) atoms. The van der Waals surface area contributed by atoms with E-state index in [4.69, 9.17) is 5.26 Å². The summed E-state index contributed by atoms with van der Waals surface area (Å²) in [6, 6.07) is 8.71. The number of nitriles is 1. The Balaban J connectivity index is 1.70. The van der Waals surface area contributed by atoms with Crippen LogP contribution in [0.1, 0.15) is 11.1 Å². The number of hydrogen-bond donors (Lipinski definition) is 0. The molecule has 0 radical (unpaired) electrons. The first-order valence-corrected chi connectivity index (χ1v) is 7.62. The number of pyridine rings is 1. The van der Waals surface area contributed by atoms with E-state index in [1.54, 1.807) is 12.1 Å². The Bertz CT molecular complexity index is 788. The molecule has 0 atom stereocenters. The Morgan fingerprint density at radius 2 is 1.68 bits per heavy atom. The van der Waals surface area contributed by atoms with Crippen molar-refractivity contribution in [2.45, 2.75) is 6.18 Å². The molecule has 0 amide bonds. The molecule has 1 saturated heterocycles. The second kappa shape index (κ2) is 6.59. The molecule has 0 unspecified atom stereocenters. The zero-order valence-corrected chi connectivity index (χ0v) is 13.1. The molecule has 130 valence electrons. The number of nitrogens with zero attached hydrogens (tertiary/aromatic N) is 4. The molecular formula is C17H14F4N4. The van der Waals surface area contributed by atoms with Crippen molar-refractivity contribution in [2.24, 2.45) is 0 Å². The van der Waals surface area contributed by atoms with Crippen molar-refractivity contribution in [3.8, 4) is 6.07 Å². The molecule has 1 aliphatic heterocycles. The Morgan fingerprint density at radius 1 is 1.00 bits per heavy atom. The summed E-state index contributed by atoms with van der Waals surface area (Å²) in [6.45, 7) is 2.06. The van der Waals surface area contributed by atoms with Crippen LogP contribution < -0.4 is 9.80 Å². The topological polar surface area (TPSA) is 43.2 Å². The summed E-state index contributed by atoms with van der Waals surface area (Å²) in [5.74, 6) is -0.0979. The largest absolute Gasteiger partial charge is 0.417 e. The van der Waals surface area contributed by atoms with E-state index in [2.05, 4.69) is 4.98 Å². The van der Waals surface area contributed by atoms with E-state index in [9.17, 15) is 17.6 Å². The van der Waals surface area contributed by atoms with Crippen molar-refractivity contribution in [1.29, 1.82) is 5.26 Å². The smallest absolute Gasteiger partial charge is 0.367 e. The summed E-state index contributed by atoms with van der Waals surface area (Å²) in [6.07, 6.45) is -3.59. The monoisotopic (exact) mass is 350 g/mol. The molecule has 8 heteroatoms. The van der Waals surface area contributed by atoms with Crippen molar-refractivity contribution < 1.29 is 17.6 Å². The van der Waals surface area contributed by atoms with Gasteiger partial charge < -0.3 is 9.80 Å². The third-order valence-electron chi connectivity index (χ3n) is 4.12. The number of halogens is 4. The van der Waals surface area contributed by atoms with Crippen LogP contribution in [-0.4, -0.2) is 31.2 Å². The second-order valence-electron chi connectivity index (χ2n) is 5.62. The van der Waals surface area contributed by atoms with E-state index >= 15 is 0 Å². The van der Waals surface area contributed by atoms with Gasteiger partial charge in [0.2, 0.25) is 0 Å². The van der Waals surface area contributed by atoms with E-state index in [0.717, 1.165) is 12.3 Å². The van der Waals surface area contributed by atoms with Gasteiger partial charge in [0, 0.05) is 32.4 Å². The van der Waals surface area contributed by atoms with Gasteiger partial charge in [-0.1, -0.05) is 6.07 Å². The van der Waals surface area contributed by atoms with Crippen LogP contribution >= 0.6 is 0 Å². The molecule has 1 aliphatic rings. The highest BCUT2D eigenvalue weighted by Crippen LogP contribution is 2.30. The second-order valence-corrected chi connectivity index (χ2v) is 5.62. The van der Waals surface area contributed by atoms with Crippen molar-refractivity contribution in [3.63, 3.8) is 0 Å². The predicted octanol–water partition coefficient (Wildman–Crippen LogP) is 3.44. The van der Waals surface area contributed by atoms with Crippen LogP contribution in [0.25, 0.3) is 0 Å². The molecule has 0 N–H and O–H groups in total. The average Bonchev–Trinajstić information content (AvgIpc) is 2.61. The van der Waals surface area contributed by atoms with Crippen LogP contribution in [0.15, 0.2) is 36.5 Å². The Morgan fingerprint density at radius 3 is 2.24 bits per heavy atom. The van der Waals surface area contributed by atoms with Crippen LogP contribution in [0.4, 0.5) is 29.1 Å². The average molecular weight is 350 g/mol. The first kappa shape index (κ1) is 17.0. The first-order chi connectivity index (χ1) is 11.9. The molecular weight excluding hydrogens is 336 g/mol. The maximum absolute atomic E-state index is 13.7. The highest BCUT2D eigenvalue weighted by molar-refractivity contribution is 5.60. The van der Waals surface area contributed by atoms with Gasteiger partial charge in [-0.15, -0.1) is 0 Å². The predicted molar refractivity (Wildman–Crippen MR) is 84.8 cm³/mol. The van der Waals surface area contributed by atoms with E-state index in [1.165, 1.54) is 12.1 Å². The van der Waals surface area contributed by atoms with Gasteiger partial charge in [0.05, 0.1) is 11.3 Å². The van der Waals surface area contributed by atoms with Crippen LogP contribution in [0.2, 0.25) is 0 Å². The van der Waals surface area contributed by atoms with E-state index in [0.29, 0.717) is 37.7 Å². The quantitative estimate of drug-likeness (QED) is 0.779. The number of rotatable bonds is 2. The van der Waals surface area contributed by atoms with Gasteiger partial charge in [-0.05, 0) is 24.3 Å². The minimum atomic E-state index is -4.41. The number of hydrogen-bond acceptors (Lipinski definition) is 4. The van der Waals surface area contributed by atoms with E-state index in [-0.39, 0.29) is 5.56 Å². The van der Waals surface area contributed by atoms with Gasteiger partial charge in [0.15, 0.2) is 0 Å². The summed E-state index contributed by atoms with van der Waals surface area (Å²) in [7, 11) is 0. The van der Waals surface area contributed by atoms with Gasteiger partial charge in [0.25, 0.3) is 0 Å². The van der Waals surface area contributed by atoms with Gasteiger partial charge in [-0.2, -0.15) is 18.4 Å². The van der Waals surface area contributed by atoms with E-state index in [1.807, 2.05) is 15.9 Å². The summed E-state index contributed by atoms with van der Waals surface area (Å²) in [5, 5.41) is 9.12. The summed E-state index contributed by atoms with van der Waals surface area (Å²) in [4.78, 5) is 7.64. The fourth-order valence-electron chi connectivity index (χ4n) is 2.80. The maximum atomic E-state index is 13.7. The number of alkyl halides is 3. The molecule has 2 aromatic rings. The molecule has 1 aromatic carbocycles. The van der Waals surface area contributed by atoms with Gasteiger partial charge >= 0.3 is 6.18 Å².